The monoisotopic (exact) mass is 367 g/mol. The van der Waals surface area contributed by atoms with E-state index in [0.29, 0.717) is 35.3 Å². The zero-order valence-electron chi connectivity index (χ0n) is 14.0. The summed E-state index contributed by atoms with van der Waals surface area (Å²) >= 11 is 6.04. The maximum Gasteiger partial charge on any atom is 0.252 e. The normalized spacial score (nSPS) is 11.2. The summed E-state index contributed by atoms with van der Waals surface area (Å²) in [6.45, 7) is 0.671. The number of hydrogen-bond acceptors (Lipinski definition) is 3. The molecule has 4 nitrogen and oxygen atoms in total. The van der Waals surface area contributed by atoms with E-state index in [9.17, 15) is 4.79 Å². The Morgan fingerprint density at radius 2 is 1.81 bits per heavy atom. The standard InChI is InChI=1S/C21H18ClNO3/c22-19-10-4-5-11-20(19)26-14-12-23-21(24)18(15-17-9-6-13-25-17)16-7-2-1-3-8-16/h1-11,13,15H,12,14H2,(H,23,24)/b18-15+. The fraction of sp³-hybridized carbons (Fsp3) is 0.0952. The average molecular weight is 368 g/mol. The van der Waals surface area contributed by atoms with Crippen molar-refractivity contribution in [3.63, 3.8) is 0 Å². The van der Waals surface area contributed by atoms with Crippen molar-refractivity contribution in [1.82, 2.24) is 5.32 Å². The number of rotatable bonds is 7. The molecule has 0 aliphatic carbocycles. The molecule has 0 atom stereocenters. The van der Waals surface area contributed by atoms with Crippen LogP contribution >= 0.6 is 11.6 Å². The van der Waals surface area contributed by atoms with Crippen LogP contribution in [-0.4, -0.2) is 19.1 Å². The molecule has 0 aliphatic heterocycles. The quantitative estimate of drug-likeness (QED) is 0.487. The van der Waals surface area contributed by atoms with Crippen LogP contribution in [0.25, 0.3) is 11.6 Å². The summed E-state index contributed by atoms with van der Waals surface area (Å²) in [5.74, 6) is 1.01. The lowest BCUT2D eigenvalue weighted by Crippen LogP contribution is -2.28. The highest BCUT2D eigenvalue weighted by molar-refractivity contribution is 6.32. The molecular formula is C21H18ClNO3. The Morgan fingerprint density at radius 1 is 1.04 bits per heavy atom. The Balaban J connectivity index is 1.64. The van der Waals surface area contributed by atoms with Crippen molar-refractivity contribution < 1.29 is 13.9 Å². The summed E-state index contributed by atoms with van der Waals surface area (Å²) in [5.41, 5.74) is 1.34. The van der Waals surface area contributed by atoms with Crippen molar-refractivity contribution >= 4 is 29.2 Å². The summed E-state index contributed by atoms with van der Waals surface area (Å²) in [5, 5.41) is 3.41. The van der Waals surface area contributed by atoms with Crippen molar-refractivity contribution in [1.29, 1.82) is 0 Å². The van der Waals surface area contributed by atoms with Gasteiger partial charge in [0.05, 0.1) is 23.4 Å². The predicted molar refractivity (Wildman–Crippen MR) is 103 cm³/mol. The zero-order valence-corrected chi connectivity index (χ0v) is 14.8. The number of para-hydroxylation sites is 1. The van der Waals surface area contributed by atoms with Gasteiger partial charge in [-0.05, 0) is 35.9 Å². The lowest BCUT2D eigenvalue weighted by atomic mass is 10.0. The van der Waals surface area contributed by atoms with Gasteiger partial charge in [0.1, 0.15) is 18.1 Å². The van der Waals surface area contributed by atoms with Crippen LogP contribution in [-0.2, 0) is 4.79 Å². The number of amides is 1. The molecular weight excluding hydrogens is 350 g/mol. The Labute approximate surface area is 157 Å². The van der Waals surface area contributed by atoms with Gasteiger partial charge in [0, 0.05) is 0 Å². The SMILES string of the molecule is O=C(NCCOc1ccccc1Cl)/C(=C/c1ccco1)c1ccccc1. The minimum atomic E-state index is -0.199. The van der Waals surface area contributed by atoms with E-state index in [4.69, 9.17) is 20.8 Å². The summed E-state index contributed by atoms with van der Waals surface area (Å²) < 4.78 is 10.9. The van der Waals surface area contributed by atoms with Crippen LogP contribution in [0.15, 0.2) is 77.4 Å². The smallest absolute Gasteiger partial charge is 0.252 e. The van der Waals surface area contributed by atoms with Crippen LogP contribution in [0.4, 0.5) is 0 Å². The van der Waals surface area contributed by atoms with E-state index in [-0.39, 0.29) is 5.91 Å². The van der Waals surface area contributed by atoms with Gasteiger partial charge in [-0.25, -0.2) is 0 Å². The Bertz CT molecular complexity index is 873. The molecule has 0 radical (unpaired) electrons. The molecule has 5 heteroatoms. The molecule has 1 amide bonds. The molecule has 3 rings (SSSR count). The summed E-state index contributed by atoms with van der Waals surface area (Å²) in [7, 11) is 0. The fourth-order valence-electron chi connectivity index (χ4n) is 2.40. The van der Waals surface area contributed by atoms with E-state index in [1.54, 1.807) is 36.6 Å². The van der Waals surface area contributed by atoms with Gasteiger partial charge in [-0.3, -0.25) is 4.79 Å². The third kappa shape index (κ3) is 4.77. The molecule has 0 saturated heterocycles. The van der Waals surface area contributed by atoms with Gasteiger partial charge in [-0.2, -0.15) is 0 Å². The van der Waals surface area contributed by atoms with Gasteiger partial charge in [0.15, 0.2) is 0 Å². The van der Waals surface area contributed by atoms with Gasteiger partial charge in [-0.15, -0.1) is 0 Å². The first kappa shape index (κ1) is 17.8. The minimum absolute atomic E-state index is 0.199. The number of furan rings is 1. The molecule has 132 valence electrons. The molecule has 0 saturated carbocycles. The molecule has 26 heavy (non-hydrogen) atoms. The molecule has 0 bridgehead atoms. The van der Waals surface area contributed by atoms with Crippen LogP contribution in [0.2, 0.25) is 5.02 Å². The van der Waals surface area contributed by atoms with Crippen molar-refractivity contribution in [2.75, 3.05) is 13.2 Å². The Morgan fingerprint density at radius 3 is 2.54 bits per heavy atom. The van der Waals surface area contributed by atoms with Gasteiger partial charge in [0.2, 0.25) is 0 Å². The van der Waals surface area contributed by atoms with E-state index in [1.165, 1.54) is 0 Å². The topological polar surface area (TPSA) is 51.5 Å². The first-order valence-corrected chi connectivity index (χ1v) is 8.58. The average Bonchev–Trinajstić information content (AvgIpc) is 3.18. The molecule has 1 heterocycles. The van der Waals surface area contributed by atoms with Gasteiger partial charge in [-0.1, -0.05) is 54.1 Å². The number of carbonyl (C=O) groups is 1. The van der Waals surface area contributed by atoms with E-state index >= 15 is 0 Å². The number of benzene rings is 2. The summed E-state index contributed by atoms with van der Waals surface area (Å²) in [6.07, 6.45) is 3.30. The Hall–Kier alpha value is -2.98. The first-order valence-electron chi connectivity index (χ1n) is 8.20. The third-order valence-electron chi connectivity index (χ3n) is 3.64. The zero-order chi connectivity index (χ0) is 18.2. The number of nitrogens with one attached hydrogen (secondary N) is 1. The second kappa shape index (κ2) is 8.92. The van der Waals surface area contributed by atoms with Crippen LogP contribution < -0.4 is 10.1 Å². The molecule has 0 unspecified atom stereocenters. The van der Waals surface area contributed by atoms with Gasteiger partial charge < -0.3 is 14.5 Å². The molecule has 2 aromatic carbocycles. The van der Waals surface area contributed by atoms with Crippen molar-refractivity contribution in [3.05, 3.63) is 89.3 Å². The summed E-state index contributed by atoms with van der Waals surface area (Å²) in [6, 6.07) is 20.3. The highest BCUT2D eigenvalue weighted by Crippen LogP contribution is 2.23. The van der Waals surface area contributed by atoms with Gasteiger partial charge >= 0.3 is 0 Å². The summed E-state index contributed by atoms with van der Waals surface area (Å²) in [4.78, 5) is 12.6. The van der Waals surface area contributed by atoms with E-state index in [0.717, 1.165) is 5.56 Å². The number of ether oxygens (including phenoxy) is 1. The second-order valence-electron chi connectivity index (χ2n) is 5.47. The highest BCUT2D eigenvalue weighted by Gasteiger charge is 2.12. The Kier molecular flexibility index (Phi) is 6.12. The van der Waals surface area contributed by atoms with Crippen LogP contribution in [0.3, 0.4) is 0 Å². The van der Waals surface area contributed by atoms with E-state index < -0.39 is 0 Å². The number of halogens is 1. The van der Waals surface area contributed by atoms with Crippen molar-refractivity contribution in [2.45, 2.75) is 0 Å². The van der Waals surface area contributed by atoms with Gasteiger partial charge in [0.25, 0.3) is 5.91 Å². The first-order chi connectivity index (χ1) is 12.7. The highest BCUT2D eigenvalue weighted by atomic mass is 35.5. The van der Waals surface area contributed by atoms with Crippen LogP contribution in [0.1, 0.15) is 11.3 Å². The third-order valence-corrected chi connectivity index (χ3v) is 3.95. The van der Waals surface area contributed by atoms with Crippen molar-refractivity contribution in [3.8, 4) is 5.75 Å². The molecule has 0 spiro atoms. The number of carbonyl (C=O) groups excluding carboxylic acids is 1. The largest absolute Gasteiger partial charge is 0.490 e. The predicted octanol–water partition coefficient (Wildman–Crippen LogP) is 4.67. The molecule has 1 N–H and O–H groups in total. The maximum atomic E-state index is 12.6. The van der Waals surface area contributed by atoms with E-state index in [2.05, 4.69) is 5.32 Å². The van der Waals surface area contributed by atoms with E-state index in [1.807, 2.05) is 42.5 Å². The molecule has 3 aromatic rings. The second-order valence-corrected chi connectivity index (χ2v) is 5.88. The lowest BCUT2D eigenvalue weighted by molar-refractivity contribution is -0.115. The number of hydrogen-bond donors (Lipinski definition) is 1. The van der Waals surface area contributed by atoms with Crippen LogP contribution in [0, 0.1) is 0 Å². The van der Waals surface area contributed by atoms with Crippen molar-refractivity contribution in [2.24, 2.45) is 0 Å². The lowest BCUT2D eigenvalue weighted by Gasteiger charge is -2.11. The maximum absolute atomic E-state index is 12.6. The molecule has 1 aromatic heterocycles. The molecule has 0 aliphatic rings. The molecule has 0 fully saturated rings. The fourth-order valence-corrected chi connectivity index (χ4v) is 2.59. The van der Waals surface area contributed by atoms with Crippen LogP contribution in [0.5, 0.6) is 5.75 Å². The minimum Gasteiger partial charge on any atom is -0.490 e.